The second-order valence-electron chi connectivity index (χ2n) is 6.93. The van der Waals surface area contributed by atoms with Gasteiger partial charge in [0, 0.05) is 6.07 Å². The molecule has 2 aromatic rings. The van der Waals surface area contributed by atoms with Crippen molar-refractivity contribution in [2.45, 2.75) is 38.8 Å². The number of methoxy groups -OCH3 is 2. The highest BCUT2D eigenvalue weighted by Crippen LogP contribution is 2.27. The second kappa shape index (κ2) is 10.3. The van der Waals surface area contributed by atoms with Crippen LogP contribution < -0.4 is 19.1 Å². The van der Waals surface area contributed by atoms with Crippen molar-refractivity contribution in [3.05, 3.63) is 54.1 Å². The quantitative estimate of drug-likeness (QED) is 0.618. The Morgan fingerprint density at radius 1 is 1.00 bits per heavy atom. The summed E-state index contributed by atoms with van der Waals surface area (Å²) < 4.78 is 36.8. The Hall–Kier alpha value is -2.74. The Balaban J connectivity index is 2.34. The summed E-state index contributed by atoms with van der Waals surface area (Å²) in [6.45, 7) is 3.75. The van der Waals surface area contributed by atoms with Crippen molar-refractivity contribution in [3.8, 4) is 11.5 Å². The molecular weight excluding hydrogens is 404 g/mol. The molecule has 0 saturated heterocycles. The van der Waals surface area contributed by atoms with E-state index in [4.69, 9.17) is 9.47 Å². The molecule has 2 aromatic carbocycles. The van der Waals surface area contributed by atoms with Crippen LogP contribution >= 0.6 is 0 Å². The monoisotopic (exact) mass is 434 g/mol. The van der Waals surface area contributed by atoms with Gasteiger partial charge in [-0.2, -0.15) is 0 Å². The molecule has 2 rings (SSSR count). The molecule has 7 nitrogen and oxygen atoms in total. The van der Waals surface area contributed by atoms with Gasteiger partial charge in [-0.1, -0.05) is 32.0 Å². The molecule has 0 spiro atoms. The predicted octanol–water partition coefficient (Wildman–Crippen LogP) is 3.52. The van der Waals surface area contributed by atoms with Crippen molar-refractivity contribution < 1.29 is 22.7 Å². The third-order valence-corrected chi connectivity index (χ3v) is 6.06. The van der Waals surface area contributed by atoms with Gasteiger partial charge in [-0.05, 0) is 42.7 Å². The first-order chi connectivity index (χ1) is 14.2. The molecule has 0 unspecified atom stereocenters. The maximum absolute atomic E-state index is 13.2. The molecule has 1 amide bonds. The SMILES string of the molecule is CC[C@H](NC(=O)[C@@H](CC)N(c1cccc(OC)c1)S(C)(=O)=O)c1ccc(OC)cc1. The summed E-state index contributed by atoms with van der Waals surface area (Å²) >= 11 is 0. The van der Waals surface area contributed by atoms with Crippen LogP contribution in [-0.2, 0) is 14.8 Å². The van der Waals surface area contributed by atoms with E-state index in [2.05, 4.69) is 5.32 Å². The number of nitrogens with one attached hydrogen (secondary N) is 1. The summed E-state index contributed by atoms with van der Waals surface area (Å²) in [5, 5.41) is 3.01. The van der Waals surface area contributed by atoms with Crippen molar-refractivity contribution in [2.75, 3.05) is 24.8 Å². The molecule has 0 bridgehead atoms. The van der Waals surface area contributed by atoms with Crippen molar-refractivity contribution in [1.82, 2.24) is 5.32 Å². The van der Waals surface area contributed by atoms with E-state index in [-0.39, 0.29) is 11.9 Å². The second-order valence-corrected chi connectivity index (χ2v) is 8.79. The van der Waals surface area contributed by atoms with Gasteiger partial charge in [-0.3, -0.25) is 9.10 Å². The Morgan fingerprint density at radius 2 is 1.63 bits per heavy atom. The lowest BCUT2D eigenvalue weighted by molar-refractivity contribution is -0.123. The first-order valence-electron chi connectivity index (χ1n) is 9.82. The van der Waals surface area contributed by atoms with Gasteiger partial charge in [0.05, 0.1) is 32.2 Å². The Bertz CT molecular complexity index is 944. The van der Waals surface area contributed by atoms with E-state index in [1.165, 1.54) is 7.11 Å². The molecule has 0 aliphatic heterocycles. The number of carbonyl (C=O) groups excluding carboxylic acids is 1. The van der Waals surface area contributed by atoms with E-state index in [1.54, 1.807) is 38.3 Å². The van der Waals surface area contributed by atoms with Crippen LogP contribution in [0, 0.1) is 0 Å². The fourth-order valence-corrected chi connectivity index (χ4v) is 4.54. The molecule has 8 heteroatoms. The number of ether oxygens (including phenoxy) is 2. The Kier molecular flexibility index (Phi) is 8.11. The lowest BCUT2D eigenvalue weighted by Crippen LogP contribution is -2.50. The lowest BCUT2D eigenvalue weighted by atomic mass is 10.0. The van der Waals surface area contributed by atoms with E-state index < -0.39 is 16.1 Å². The minimum atomic E-state index is -3.72. The van der Waals surface area contributed by atoms with Gasteiger partial charge >= 0.3 is 0 Å². The normalized spacial score (nSPS) is 13.2. The molecule has 0 aliphatic carbocycles. The molecule has 0 saturated carbocycles. The lowest BCUT2D eigenvalue weighted by Gasteiger charge is -2.31. The van der Waals surface area contributed by atoms with Gasteiger partial charge in [0.15, 0.2) is 0 Å². The average Bonchev–Trinajstić information content (AvgIpc) is 2.74. The topological polar surface area (TPSA) is 84.9 Å². The van der Waals surface area contributed by atoms with Crippen LogP contribution in [0.25, 0.3) is 0 Å². The highest BCUT2D eigenvalue weighted by Gasteiger charge is 2.32. The zero-order chi connectivity index (χ0) is 22.3. The smallest absolute Gasteiger partial charge is 0.244 e. The highest BCUT2D eigenvalue weighted by atomic mass is 32.2. The van der Waals surface area contributed by atoms with Crippen LogP contribution in [-0.4, -0.2) is 40.8 Å². The summed E-state index contributed by atoms with van der Waals surface area (Å²) in [5.74, 6) is 0.891. The standard InChI is InChI=1S/C22H30N2O5S/c1-6-20(16-11-13-18(28-3)14-12-16)23-22(25)21(7-2)24(30(5,26)27)17-9-8-10-19(15-17)29-4/h8-15,20-21H,6-7H2,1-5H3,(H,23,25)/t20-,21+/m0/s1. The largest absolute Gasteiger partial charge is 0.497 e. The number of rotatable bonds is 10. The molecule has 164 valence electrons. The summed E-state index contributed by atoms with van der Waals surface area (Å²) in [4.78, 5) is 13.2. The Labute approximate surface area is 179 Å². The van der Waals surface area contributed by atoms with E-state index in [0.717, 1.165) is 21.9 Å². The molecule has 0 fully saturated rings. The van der Waals surface area contributed by atoms with Gasteiger partial charge in [0.25, 0.3) is 0 Å². The maximum Gasteiger partial charge on any atom is 0.244 e. The predicted molar refractivity (Wildman–Crippen MR) is 119 cm³/mol. The fraction of sp³-hybridized carbons (Fsp3) is 0.409. The van der Waals surface area contributed by atoms with Gasteiger partial charge in [-0.25, -0.2) is 8.42 Å². The highest BCUT2D eigenvalue weighted by molar-refractivity contribution is 7.92. The molecular formula is C22H30N2O5S. The van der Waals surface area contributed by atoms with Gasteiger partial charge < -0.3 is 14.8 Å². The van der Waals surface area contributed by atoms with Crippen molar-refractivity contribution >= 4 is 21.6 Å². The van der Waals surface area contributed by atoms with Crippen LogP contribution in [0.5, 0.6) is 11.5 Å². The van der Waals surface area contributed by atoms with Crippen molar-refractivity contribution in [3.63, 3.8) is 0 Å². The first-order valence-corrected chi connectivity index (χ1v) is 11.7. The fourth-order valence-electron chi connectivity index (χ4n) is 3.33. The van der Waals surface area contributed by atoms with Gasteiger partial charge in [0.1, 0.15) is 17.5 Å². The van der Waals surface area contributed by atoms with Crippen LogP contribution in [0.4, 0.5) is 5.69 Å². The molecule has 2 atom stereocenters. The van der Waals surface area contributed by atoms with Crippen LogP contribution in [0.2, 0.25) is 0 Å². The molecule has 1 N–H and O–H groups in total. The number of carbonyl (C=O) groups is 1. The number of anilines is 1. The minimum absolute atomic E-state index is 0.246. The van der Waals surface area contributed by atoms with Crippen molar-refractivity contribution in [1.29, 1.82) is 0 Å². The Morgan fingerprint density at radius 3 is 2.13 bits per heavy atom. The molecule has 0 radical (unpaired) electrons. The number of benzene rings is 2. The van der Waals surface area contributed by atoms with Crippen molar-refractivity contribution in [2.24, 2.45) is 0 Å². The number of hydrogen-bond donors (Lipinski definition) is 1. The zero-order valence-corrected chi connectivity index (χ0v) is 18.9. The molecule has 0 aromatic heterocycles. The molecule has 0 heterocycles. The van der Waals surface area contributed by atoms with Crippen LogP contribution in [0.3, 0.4) is 0 Å². The summed E-state index contributed by atoms with van der Waals surface area (Å²) in [5.41, 5.74) is 1.31. The maximum atomic E-state index is 13.2. The van der Waals surface area contributed by atoms with Crippen LogP contribution in [0.1, 0.15) is 38.3 Å². The van der Waals surface area contributed by atoms with E-state index in [0.29, 0.717) is 24.3 Å². The molecule has 30 heavy (non-hydrogen) atoms. The molecule has 0 aliphatic rings. The summed E-state index contributed by atoms with van der Waals surface area (Å²) in [7, 11) is -0.611. The number of nitrogens with zero attached hydrogens (tertiary/aromatic N) is 1. The van der Waals surface area contributed by atoms with Gasteiger partial charge in [-0.15, -0.1) is 0 Å². The third-order valence-electron chi connectivity index (χ3n) is 4.88. The van der Waals surface area contributed by atoms with Crippen LogP contribution in [0.15, 0.2) is 48.5 Å². The third kappa shape index (κ3) is 5.66. The number of hydrogen-bond acceptors (Lipinski definition) is 5. The zero-order valence-electron chi connectivity index (χ0n) is 18.1. The minimum Gasteiger partial charge on any atom is -0.497 e. The van der Waals surface area contributed by atoms with E-state index in [9.17, 15) is 13.2 Å². The number of amides is 1. The number of sulfonamides is 1. The van der Waals surface area contributed by atoms with E-state index >= 15 is 0 Å². The summed E-state index contributed by atoms with van der Waals surface area (Å²) in [6.07, 6.45) is 2.07. The van der Waals surface area contributed by atoms with Gasteiger partial charge in [0.2, 0.25) is 15.9 Å². The summed E-state index contributed by atoms with van der Waals surface area (Å²) in [6, 6.07) is 13.0. The first kappa shape index (κ1) is 23.5. The van der Waals surface area contributed by atoms with E-state index in [1.807, 2.05) is 31.2 Å². The average molecular weight is 435 g/mol.